The van der Waals surface area contributed by atoms with Crippen molar-refractivity contribution in [1.29, 1.82) is 0 Å². The third kappa shape index (κ3) is 3.15. The standard InChI is InChI=1S/C15H20N4OS/c1-2-11-9-12-14(17-10-18-15(12)21-11)16-6-5-13(20)19-7-3-4-8-19/h9-10H,2-8H2,1H3,(H,16,17,18). The summed E-state index contributed by atoms with van der Waals surface area (Å²) in [5, 5.41) is 4.35. The van der Waals surface area contributed by atoms with Gasteiger partial charge in [-0.25, -0.2) is 9.97 Å². The molecule has 0 saturated carbocycles. The molecule has 0 aliphatic carbocycles. The minimum absolute atomic E-state index is 0.241. The van der Waals surface area contributed by atoms with Crippen molar-refractivity contribution in [3.8, 4) is 0 Å². The maximum absolute atomic E-state index is 12.0. The summed E-state index contributed by atoms with van der Waals surface area (Å²) in [6, 6.07) is 2.14. The van der Waals surface area contributed by atoms with Crippen LogP contribution in [0.25, 0.3) is 10.2 Å². The summed E-state index contributed by atoms with van der Waals surface area (Å²) in [4.78, 5) is 24.9. The molecule has 0 spiro atoms. The van der Waals surface area contributed by atoms with Crippen molar-refractivity contribution in [3.05, 3.63) is 17.3 Å². The van der Waals surface area contributed by atoms with Crippen molar-refractivity contribution in [3.63, 3.8) is 0 Å². The Morgan fingerprint density at radius 2 is 2.19 bits per heavy atom. The largest absolute Gasteiger partial charge is 0.369 e. The molecule has 2 aromatic heterocycles. The molecule has 1 amide bonds. The number of amides is 1. The van der Waals surface area contributed by atoms with Crippen LogP contribution in [0.3, 0.4) is 0 Å². The van der Waals surface area contributed by atoms with Gasteiger partial charge < -0.3 is 10.2 Å². The van der Waals surface area contributed by atoms with Crippen molar-refractivity contribution in [2.24, 2.45) is 0 Å². The van der Waals surface area contributed by atoms with Crippen LogP contribution in [0, 0.1) is 0 Å². The number of carbonyl (C=O) groups excluding carboxylic acids is 1. The van der Waals surface area contributed by atoms with Gasteiger partial charge >= 0.3 is 0 Å². The number of hydrogen-bond acceptors (Lipinski definition) is 5. The lowest BCUT2D eigenvalue weighted by atomic mass is 10.3. The summed E-state index contributed by atoms with van der Waals surface area (Å²) in [7, 11) is 0. The van der Waals surface area contributed by atoms with E-state index in [1.54, 1.807) is 17.7 Å². The van der Waals surface area contributed by atoms with Crippen LogP contribution in [0.4, 0.5) is 5.82 Å². The van der Waals surface area contributed by atoms with Gasteiger partial charge in [0.15, 0.2) is 0 Å². The second-order valence-electron chi connectivity index (χ2n) is 5.27. The van der Waals surface area contributed by atoms with Gasteiger partial charge in [0, 0.05) is 30.9 Å². The first-order valence-electron chi connectivity index (χ1n) is 7.53. The number of rotatable bonds is 5. The van der Waals surface area contributed by atoms with Gasteiger partial charge in [-0.2, -0.15) is 0 Å². The average Bonchev–Trinajstić information content (AvgIpc) is 3.16. The average molecular weight is 304 g/mol. The lowest BCUT2D eigenvalue weighted by Gasteiger charge is -2.15. The fraction of sp³-hybridized carbons (Fsp3) is 0.533. The monoisotopic (exact) mass is 304 g/mol. The Morgan fingerprint density at radius 1 is 1.38 bits per heavy atom. The predicted octanol–water partition coefficient (Wildman–Crippen LogP) is 2.68. The number of carbonyl (C=O) groups is 1. The molecule has 0 radical (unpaired) electrons. The molecule has 1 fully saturated rings. The zero-order chi connectivity index (χ0) is 14.7. The van der Waals surface area contributed by atoms with Crippen molar-refractivity contribution >= 4 is 33.3 Å². The Kier molecular flexibility index (Phi) is 4.34. The Labute approximate surface area is 128 Å². The Morgan fingerprint density at radius 3 is 2.95 bits per heavy atom. The third-order valence-electron chi connectivity index (χ3n) is 3.82. The summed E-state index contributed by atoms with van der Waals surface area (Å²) >= 11 is 1.71. The van der Waals surface area contributed by atoms with E-state index in [-0.39, 0.29) is 5.91 Å². The molecule has 1 N–H and O–H groups in total. The molecule has 1 aliphatic heterocycles. The highest BCUT2D eigenvalue weighted by molar-refractivity contribution is 7.18. The minimum Gasteiger partial charge on any atom is -0.369 e. The summed E-state index contributed by atoms with van der Waals surface area (Å²) in [6.07, 6.45) is 5.40. The molecule has 5 nitrogen and oxygen atoms in total. The van der Waals surface area contributed by atoms with E-state index in [9.17, 15) is 4.79 Å². The summed E-state index contributed by atoms with van der Waals surface area (Å²) in [5.74, 6) is 1.08. The van der Waals surface area contributed by atoms with Gasteiger partial charge in [-0.1, -0.05) is 6.92 Å². The highest BCUT2D eigenvalue weighted by Crippen LogP contribution is 2.28. The normalized spacial score (nSPS) is 14.8. The second kappa shape index (κ2) is 6.39. The zero-order valence-corrected chi connectivity index (χ0v) is 13.1. The van der Waals surface area contributed by atoms with Gasteiger partial charge in [0.1, 0.15) is 17.0 Å². The van der Waals surface area contributed by atoms with E-state index >= 15 is 0 Å². The molecule has 0 atom stereocenters. The molecule has 0 bridgehead atoms. The Hall–Kier alpha value is -1.69. The number of anilines is 1. The molecule has 112 valence electrons. The number of hydrogen-bond donors (Lipinski definition) is 1. The Bertz CT molecular complexity index is 634. The lowest BCUT2D eigenvalue weighted by Crippen LogP contribution is -2.29. The molecule has 3 heterocycles. The topological polar surface area (TPSA) is 58.1 Å². The minimum atomic E-state index is 0.241. The fourth-order valence-corrected chi connectivity index (χ4v) is 3.57. The predicted molar refractivity (Wildman–Crippen MR) is 85.7 cm³/mol. The van der Waals surface area contributed by atoms with Gasteiger partial charge in [-0.3, -0.25) is 4.79 Å². The van der Waals surface area contributed by atoms with Crippen molar-refractivity contribution in [2.75, 3.05) is 25.0 Å². The smallest absolute Gasteiger partial charge is 0.224 e. The van der Waals surface area contributed by atoms with E-state index in [4.69, 9.17) is 0 Å². The van der Waals surface area contributed by atoms with E-state index < -0.39 is 0 Å². The summed E-state index contributed by atoms with van der Waals surface area (Å²) < 4.78 is 0. The number of nitrogens with zero attached hydrogens (tertiary/aromatic N) is 3. The number of likely N-dealkylation sites (tertiary alicyclic amines) is 1. The van der Waals surface area contributed by atoms with Crippen LogP contribution in [0.1, 0.15) is 31.1 Å². The van der Waals surface area contributed by atoms with Crippen molar-refractivity contribution in [2.45, 2.75) is 32.6 Å². The SMILES string of the molecule is CCc1cc2c(NCCC(=O)N3CCCC3)ncnc2s1. The maximum Gasteiger partial charge on any atom is 0.224 e. The van der Waals surface area contributed by atoms with Gasteiger partial charge in [0.25, 0.3) is 0 Å². The first kappa shape index (κ1) is 14.3. The van der Waals surface area contributed by atoms with Crippen molar-refractivity contribution in [1.82, 2.24) is 14.9 Å². The number of fused-ring (bicyclic) bond motifs is 1. The van der Waals surface area contributed by atoms with E-state index in [1.165, 1.54) is 4.88 Å². The number of aromatic nitrogens is 2. The van der Waals surface area contributed by atoms with Gasteiger partial charge in [-0.05, 0) is 25.3 Å². The van der Waals surface area contributed by atoms with Crippen LogP contribution in [-0.4, -0.2) is 40.4 Å². The number of aryl methyl sites for hydroxylation is 1. The van der Waals surface area contributed by atoms with Crippen LogP contribution in [0.5, 0.6) is 0 Å². The van der Waals surface area contributed by atoms with E-state index in [1.807, 2.05) is 4.90 Å². The van der Waals surface area contributed by atoms with E-state index in [2.05, 4.69) is 28.3 Å². The van der Waals surface area contributed by atoms with E-state index in [0.29, 0.717) is 13.0 Å². The van der Waals surface area contributed by atoms with Gasteiger partial charge in [-0.15, -0.1) is 11.3 Å². The summed E-state index contributed by atoms with van der Waals surface area (Å²) in [5.41, 5.74) is 0. The quantitative estimate of drug-likeness (QED) is 0.922. The molecule has 0 unspecified atom stereocenters. The number of nitrogens with one attached hydrogen (secondary N) is 1. The molecule has 2 aromatic rings. The van der Waals surface area contributed by atoms with E-state index in [0.717, 1.165) is 48.4 Å². The molecule has 3 rings (SSSR count). The molecule has 6 heteroatoms. The molecule has 1 aliphatic rings. The van der Waals surface area contributed by atoms with Crippen molar-refractivity contribution < 1.29 is 4.79 Å². The third-order valence-corrected chi connectivity index (χ3v) is 5.01. The molecule has 1 saturated heterocycles. The Balaban J connectivity index is 1.62. The highest BCUT2D eigenvalue weighted by atomic mass is 32.1. The highest BCUT2D eigenvalue weighted by Gasteiger charge is 2.17. The van der Waals surface area contributed by atoms with Crippen LogP contribution < -0.4 is 5.32 Å². The molecular formula is C15H20N4OS. The van der Waals surface area contributed by atoms with Crippen LogP contribution in [-0.2, 0) is 11.2 Å². The first-order chi connectivity index (χ1) is 10.3. The van der Waals surface area contributed by atoms with Crippen LogP contribution in [0.2, 0.25) is 0 Å². The molecule has 21 heavy (non-hydrogen) atoms. The second-order valence-corrected chi connectivity index (χ2v) is 6.39. The van der Waals surface area contributed by atoms with Gasteiger partial charge in [0.2, 0.25) is 5.91 Å². The van der Waals surface area contributed by atoms with Gasteiger partial charge in [0.05, 0.1) is 5.39 Å². The number of thiophene rings is 1. The zero-order valence-electron chi connectivity index (χ0n) is 12.3. The molecular weight excluding hydrogens is 284 g/mol. The lowest BCUT2D eigenvalue weighted by molar-refractivity contribution is -0.129. The van der Waals surface area contributed by atoms with Crippen LogP contribution >= 0.6 is 11.3 Å². The maximum atomic E-state index is 12.0. The summed E-state index contributed by atoms with van der Waals surface area (Å²) in [6.45, 7) is 4.60. The first-order valence-corrected chi connectivity index (χ1v) is 8.34. The fourth-order valence-electron chi connectivity index (χ4n) is 2.63. The molecule has 0 aromatic carbocycles. The van der Waals surface area contributed by atoms with Crippen LogP contribution in [0.15, 0.2) is 12.4 Å².